The molecular formula is C22H21FN4O. The fraction of sp³-hybridized carbons (Fsp3) is 0.182. The van der Waals surface area contributed by atoms with E-state index in [9.17, 15) is 9.18 Å². The summed E-state index contributed by atoms with van der Waals surface area (Å²) in [6, 6.07) is 17.5. The molecule has 2 aromatic carbocycles. The van der Waals surface area contributed by atoms with Crippen LogP contribution < -0.4 is 10.3 Å². The van der Waals surface area contributed by atoms with E-state index in [1.54, 1.807) is 18.3 Å². The molecule has 1 N–H and O–H groups in total. The van der Waals surface area contributed by atoms with Crippen LogP contribution in [0.4, 0.5) is 10.1 Å². The fourth-order valence-corrected chi connectivity index (χ4v) is 3.36. The summed E-state index contributed by atoms with van der Waals surface area (Å²) >= 11 is 0. The summed E-state index contributed by atoms with van der Waals surface area (Å²) in [5.74, 6) is -0.543. The zero-order valence-corrected chi connectivity index (χ0v) is 15.4. The van der Waals surface area contributed by atoms with Gasteiger partial charge in [-0.2, -0.15) is 5.10 Å². The van der Waals surface area contributed by atoms with E-state index in [2.05, 4.69) is 15.4 Å². The smallest absolute Gasteiger partial charge is 0.271 e. The summed E-state index contributed by atoms with van der Waals surface area (Å²) < 4.78 is 15.0. The van der Waals surface area contributed by atoms with Gasteiger partial charge in [-0.3, -0.25) is 4.79 Å². The lowest BCUT2D eigenvalue weighted by Crippen LogP contribution is -2.19. The first-order valence-corrected chi connectivity index (χ1v) is 9.32. The second-order valence-corrected chi connectivity index (χ2v) is 6.72. The van der Waals surface area contributed by atoms with Crippen LogP contribution in [0.2, 0.25) is 0 Å². The summed E-state index contributed by atoms with van der Waals surface area (Å²) in [5, 5.41) is 4.06. The van der Waals surface area contributed by atoms with Gasteiger partial charge in [-0.05, 0) is 73.5 Å². The first kappa shape index (κ1) is 18.0. The normalized spacial score (nSPS) is 14.0. The zero-order chi connectivity index (χ0) is 19.3. The number of hydrazone groups is 1. The third-order valence-electron chi connectivity index (χ3n) is 4.85. The molecular weight excluding hydrogens is 355 g/mol. The summed E-state index contributed by atoms with van der Waals surface area (Å²) in [4.78, 5) is 14.6. The lowest BCUT2D eigenvalue weighted by Gasteiger charge is -2.17. The van der Waals surface area contributed by atoms with Gasteiger partial charge in [0.05, 0.1) is 11.9 Å². The molecule has 1 aliphatic heterocycles. The standard InChI is InChI=1S/C22H21FN4O/c23-18-7-11-20(12-8-18)27-15-3-4-21(27)16-24-25-22(28)17-5-9-19(10-6-17)26-13-1-2-14-26/h3-12,15-16H,1-2,13-14H2,(H,25,28)/b24-16-. The van der Waals surface area contributed by atoms with Gasteiger partial charge in [0.15, 0.2) is 0 Å². The predicted octanol–water partition coefficient (Wildman–Crippen LogP) is 3.98. The van der Waals surface area contributed by atoms with Crippen molar-refractivity contribution in [1.82, 2.24) is 9.99 Å². The maximum Gasteiger partial charge on any atom is 0.271 e. The summed E-state index contributed by atoms with van der Waals surface area (Å²) in [6.07, 6.45) is 5.86. The third-order valence-corrected chi connectivity index (χ3v) is 4.85. The Bertz CT molecular complexity index is 971. The van der Waals surface area contributed by atoms with Gasteiger partial charge in [0, 0.05) is 36.2 Å². The molecule has 28 heavy (non-hydrogen) atoms. The number of benzene rings is 2. The van der Waals surface area contributed by atoms with Crippen molar-refractivity contribution >= 4 is 17.8 Å². The molecule has 0 saturated carbocycles. The number of anilines is 1. The van der Waals surface area contributed by atoms with Crippen molar-refractivity contribution in [3.05, 3.63) is 83.9 Å². The van der Waals surface area contributed by atoms with Crippen molar-refractivity contribution in [1.29, 1.82) is 0 Å². The molecule has 1 fully saturated rings. The number of nitrogens with one attached hydrogen (secondary N) is 1. The first-order chi connectivity index (χ1) is 13.7. The van der Waals surface area contributed by atoms with E-state index in [0.717, 1.165) is 30.2 Å². The minimum atomic E-state index is -0.283. The Hall–Kier alpha value is -3.41. The molecule has 1 aromatic heterocycles. The van der Waals surface area contributed by atoms with Crippen LogP contribution in [0.25, 0.3) is 5.69 Å². The number of carbonyl (C=O) groups is 1. The maximum atomic E-state index is 13.1. The van der Waals surface area contributed by atoms with E-state index in [-0.39, 0.29) is 11.7 Å². The van der Waals surface area contributed by atoms with E-state index < -0.39 is 0 Å². The quantitative estimate of drug-likeness (QED) is 0.541. The van der Waals surface area contributed by atoms with Gasteiger partial charge < -0.3 is 9.47 Å². The number of carbonyl (C=O) groups excluding carboxylic acids is 1. The van der Waals surface area contributed by atoms with E-state index in [1.807, 2.05) is 47.2 Å². The molecule has 1 saturated heterocycles. The molecule has 1 amide bonds. The molecule has 5 nitrogen and oxygen atoms in total. The van der Waals surface area contributed by atoms with Crippen molar-refractivity contribution in [2.75, 3.05) is 18.0 Å². The number of hydrogen-bond donors (Lipinski definition) is 1. The van der Waals surface area contributed by atoms with Gasteiger partial charge in [-0.15, -0.1) is 0 Å². The molecule has 6 heteroatoms. The number of halogens is 1. The minimum Gasteiger partial charge on any atom is -0.372 e. The van der Waals surface area contributed by atoms with E-state index in [4.69, 9.17) is 0 Å². The third kappa shape index (κ3) is 3.96. The van der Waals surface area contributed by atoms with Gasteiger partial charge >= 0.3 is 0 Å². The molecule has 0 atom stereocenters. The van der Waals surface area contributed by atoms with E-state index in [0.29, 0.717) is 5.56 Å². The highest BCUT2D eigenvalue weighted by molar-refractivity contribution is 5.95. The van der Waals surface area contributed by atoms with Crippen molar-refractivity contribution in [2.24, 2.45) is 5.10 Å². The largest absolute Gasteiger partial charge is 0.372 e. The first-order valence-electron chi connectivity index (χ1n) is 9.32. The van der Waals surface area contributed by atoms with E-state index >= 15 is 0 Å². The lowest BCUT2D eigenvalue weighted by molar-refractivity contribution is 0.0955. The van der Waals surface area contributed by atoms with Crippen molar-refractivity contribution < 1.29 is 9.18 Å². The fourth-order valence-electron chi connectivity index (χ4n) is 3.36. The minimum absolute atomic E-state index is 0.260. The average Bonchev–Trinajstić information content (AvgIpc) is 3.41. The average molecular weight is 376 g/mol. The Morgan fingerprint density at radius 1 is 0.964 bits per heavy atom. The van der Waals surface area contributed by atoms with Crippen molar-refractivity contribution in [2.45, 2.75) is 12.8 Å². The Morgan fingerprint density at radius 3 is 2.36 bits per heavy atom. The molecule has 2 heterocycles. The number of hydrogen-bond acceptors (Lipinski definition) is 3. The highest BCUT2D eigenvalue weighted by Gasteiger charge is 2.13. The molecule has 3 aromatic rings. The van der Waals surface area contributed by atoms with Crippen molar-refractivity contribution in [3.8, 4) is 5.69 Å². The lowest BCUT2D eigenvalue weighted by atomic mass is 10.2. The SMILES string of the molecule is O=C(N/N=C\c1cccn1-c1ccc(F)cc1)c1ccc(N2CCCC2)cc1. The van der Waals surface area contributed by atoms with Crippen molar-refractivity contribution in [3.63, 3.8) is 0 Å². The van der Waals surface area contributed by atoms with Crippen LogP contribution in [0.3, 0.4) is 0 Å². The van der Waals surface area contributed by atoms with Crippen LogP contribution in [0, 0.1) is 5.82 Å². The van der Waals surface area contributed by atoms with E-state index in [1.165, 1.54) is 25.0 Å². The van der Waals surface area contributed by atoms with Crippen LogP contribution in [0.15, 0.2) is 72.0 Å². The van der Waals surface area contributed by atoms with Gasteiger partial charge in [0.25, 0.3) is 5.91 Å². The van der Waals surface area contributed by atoms with Crippen LogP contribution in [-0.2, 0) is 0 Å². The molecule has 0 spiro atoms. The van der Waals surface area contributed by atoms with Gasteiger partial charge in [0.2, 0.25) is 0 Å². The summed E-state index contributed by atoms with van der Waals surface area (Å²) in [7, 11) is 0. The number of amides is 1. The molecule has 0 unspecified atom stereocenters. The van der Waals surface area contributed by atoms with Gasteiger partial charge in [0.1, 0.15) is 5.82 Å². The highest BCUT2D eigenvalue weighted by Crippen LogP contribution is 2.20. The number of aromatic nitrogens is 1. The number of rotatable bonds is 5. The van der Waals surface area contributed by atoms with Crippen LogP contribution >= 0.6 is 0 Å². The molecule has 0 bridgehead atoms. The Labute approximate surface area is 163 Å². The zero-order valence-electron chi connectivity index (χ0n) is 15.4. The molecule has 142 valence electrons. The summed E-state index contributed by atoms with van der Waals surface area (Å²) in [5.41, 5.74) is 5.86. The summed E-state index contributed by atoms with van der Waals surface area (Å²) in [6.45, 7) is 2.15. The molecule has 0 aliphatic carbocycles. The molecule has 4 rings (SSSR count). The highest BCUT2D eigenvalue weighted by atomic mass is 19.1. The number of nitrogens with zero attached hydrogens (tertiary/aromatic N) is 3. The van der Waals surface area contributed by atoms with Gasteiger partial charge in [-0.1, -0.05) is 0 Å². The molecule has 0 radical (unpaired) electrons. The van der Waals surface area contributed by atoms with Crippen LogP contribution in [-0.4, -0.2) is 29.8 Å². The Kier molecular flexibility index (Phi) is 5.19. The maximum absolute atomic E-state index is 13.1. The second kappa shape index (κ2) is 8.08. The topological polar surface area (TPSA) is 49.6 Å². The molecule has 1 aliphatic rings. The predicted molar refractivity (Wildman–Crippen MR) is 109 cm³/mol. The van der Waals surface area contributed by atoms with Gasteiger partial charge in [-0.25, -0.2) is 9.82 Å². The van der Waals surface area contributed by atoms with Crippen LogP contribution in [0.1, 0.15) is 28.9 Å². The Balaban J connectivity index is 1.40. The van der Waals surface area contributed by atoms with Crippen LogP contribution in [0.5, 0.6) is 0 Å². The second-order valence-electron chi connectivity index (χ2n) is 6.72. The monoisotopic (exact) mass is 376 g/mol. The Morgan fingerprint density at radius 2 is 1.64 bits per heavy atom.